The molecule has 0 saturated carbocycles. The third kappa shape index (κ3) is 2.40. The van der Waals surface area contributed by atoms with Gasteiger partial charge in [-0.1, -0.05) is 6.92 Å². The molecule has 0 amide bonds. The van der Waals surface area contributed by atoms with Crippen LogP contribution in [0.3, 0.4) is 0 Å². The van der Waals surface area contributed by atoms with E-state index in [2.05, 4.69) is 37.6 Å². The molecule has 14 heavy (non-hydrogen) atoms. The van der Waals surface area contributed by atoms with Crippen molar-refractivity contribution in [3.8, 4) is 0 Å². The van der Waals surface area contributed by atoms with Crippen molar-refractivity contribution in [1.82, 2.24) is 4.90 Å². The van der Waals surface area contributed by atoms with Crippen molar-refractivity contribution in [3.05, 3.63) is 0 Å². The van der Waals surface area contributed by atoms with E-state index in [4.69, 9.17) is 5.73 Å². The van der Waals surface area contributed by atoms with Crippen LogP contribution in [0.2, 0.25) is 0 Å². The number of aliphatic imine (C=N–C) groups is 1. The second kappa shape index (κ2) is 4.67. The van der Waals surface area contributed by atoms with Crippen LogP contribution in [0.25, 0.3) is 0 Å². The fourth-order valence-corrected chi connectivity index (χ4v) is 2.22. The maximum Gasteiger partial charge on any atom is 0.192 e. The molecule has 3 heteroatoms. The van der Waals surface area contributed by atoms with E-state index in [9.17, 15) is 0 Å². The van der Waals surface area contributed by atoms with Gasteiger partial charge in [-0.05, 0) is 40.0 Å². The van der Waals surface area contributed by atoms with E-state index in [-0.39, 0.29) is 0 Å². The van der Waals surface area contributed by atoms with Crippen LogP contribution in [-0.2, 0) is 0 Å². The summed E-state index contributed by atoms with van der Waals surface area (Å²) in [6, 6.07) is 1.45. The molecule has 0 aliphatic carbocycles. The fourth-order valence-electron chi connectivity index (χ4n) is 2.22. The van der Waals surface area contributed by atoms with Gasteiger partial charge in [0.25, 0.3) is 0 Å². The first kappa shape index (κ1) is 11.3. The minimum Gasteiger partial charge on any atom is -0.370 e. The van der Waals surface area contributed by atoms with Gasteiger partial charge in [0.1, 0.15) is 0 Å². The summed E-state index contributed by atoms with van der Waals surface area (Å²) >= 11 is 0. The number of hydrogen-bond acceptors (Lipinski definition) is 1. The summed E-state index contributed by atoms with van der Waals surface area (Å²) in [6.07, 6.45) is 3.66. The minimum atomic E-state index is 0.292. The summed E-state index contributed by atoms with van der Waals surface area (Å²) in [7, 11) is 0. The third-order valence-electron chi connectivity index (χ3n) is 2.91. The number of nitrogens with zero attached hydrogens (tertiary/aromatic N) is 2. The van der Waals surface area contributed by atoms with Crippen LogP contribution >= 0.6 is 0 Å². The van der Waals surface area contributed by atoms with E-state index in [1.807, 2.05) is 0 Å². The minimum absolute atomic E-state index is 0.292. The monoisotopic (exact) mass is 197 g/mol. The van der Waals surface area contributed by atoms with Crippen LogP contribution in [0.4, 0.5) is 0 Å². The smallest absolute Gasteiger partial charge is 0.192 e. The Morgan fingerprint density at radius 3 is 2.64 bits per heavy atom. The lowest BCUT2D eigenvalue weighted by molar-refractivity contribution is 0.316. The zero-order chi connectivity index (χ0) is 10.7. The first-order valence-corrected chi connectivity index (χ1v) is 5.67. The first-order valence-electron chi connectivity index (χ1n) is 5.67. The molecule has 3 nitrogen and oxygen atoms in total. The van der Waals surface area contributed by atoms with Gasteiger partial charge in [-0.15, -0.1) is 0 Å². The number of guanidine groups is 1. The van der Waals surface area contributed by atoms with Crippen LogP contribution in [0.1, 0.15) is 47.0 Å². The number of nitrogens with two attached hydrogens (primary N) is 1. The number of rotatable bonds is 2. The maximum atomic E-state index is 6.01. The molecule has 2 unspecified atom stereocenters. The van der Waals surface area contributed by atoms with Crippen molar-refractivity contribution in [1.29, 1.82) is 0 Å². The molecule has 0 aromatic carbocycles. The lowest BCUT2D eigenvalue weighted by atomic mass is 10.2. The van der Waals surface area contributed by atoms with Crippen LogP contribution in [0.5, 0.6) is 0 Å². The van der Waals surface area contributed by atoms with E-state index < -0.39 is 0 Å². The molecule has 1 saturated heterocycles. The zero-order valence-corrected chi connectivity index (χ0v) is 9.83. The standard InChI is InChI=1S/C11H23N3/c1-5-10-7-6-9(4)14(10)11(12)13-8(2)3/h8-10H,5-7H2,1-4H3,(H2,12,13). The van der Waals surface area contributed by atoms with Crippen LogP contribution in [0, 0.1) is 0 Å². The van der Waals surface area contributed by atoms with Gasteiger partial charge >= 0.3 is 0 Å². The van der Waals surface area contributed by atoms with Crippen LogP contribution in [0.15, 0.2) is 4.99 Å². The topological polar surface area (TPSA) is 41.6 Å². The molecule has 1 aliphatic rings. The van der Waals surface area contributed by atoms with Gasteiger partial charge in [0.15, 0.2) is 5.96 Å². The molecule has 1 rings (SSSR count). The molecule has 2 N–H and O–H groups in total. The molecule has 0 radical (unpaired) electrons. The van der Waals surface area contributed by atoms with E-state index in [1.165, 1.54) is 19.3 Å². The Kier molecular flexibility index (Phi) is 3.78. The van der Waals surface area contributed by atoms with Gasteiger partial charge in [-0.25, -0.2) is 0 Å². The summed E-state index contributed by atoms with van der Waals surface area (Å²) < 4.78 is 0. The quantitative estimate of drug-likeness (QED) is 0.543. The van der Waals surface area contributed by atoms with Crippen molar-refractivity contribution in [3.63, 3.8) is 0 Å². The van der Waals surface area contributed by atoms with E-state index in [0.717, 1.165) is 5.96 Å². The maximum absolute atomic E-state index is 6.01. The van der Waals surface area contributed by atoms with E-state index >= 15 is 0 Å². The van der Waals surface area contributed by atoms with E-state index in [1.54, 1.807) is 0 Å². The van der Waals surface area contributed by atoms with Crippen molar-refractivity contribution >= 4 is 5.96 Å². The summed E-state index contributed by atoms with van der Waals surface area (Å²) in [4.78, 5) is 6.72. The molecule has 82 valence electrons. The second-order valence-corrected chi connectivity index (χ2v) is 4.48. The van der Waals surface area contributed by atoms with Gasteiger partial charge in [0, 0.05) is 18.1 Å². The van der Waals surface area contributed by atoms with Crippen molar-refractivity contribution in [2.75, 3.05) is 0 Å². The summed E-state index contributed by atoms with van der Waals surface area (Å²) in [5.41, 5.74) is 6.01. The predicted octanol–water partition coefficient (Wildman–Crippen LogP) is 1.97. The Morgan fingerprint density at radius 2 is 2.14 bits per heavy atom. The normalized spacial score (nSPS) is 28.9. The van der Waals surface area contributed by atoms with Gasteiger partial charge in [0.05, 0.1) is 0 Å². The first-order chi connectivity index (χ1) is 6.56. The Bertz CT molecular complexity index is 211. The Morgan fingerprint density at radius 1 is 1.50 bits per heavy atom. The molecule has 0 spiro atoms. The van der Waals surface area contributed by atoms with Crippen molar-refractivity contribution in [2.45, 2.75) is 65.1 Å². The summed E-state index contributed by atoms with van der Waals surface area (Å²) in [6.45, 7) is 8.58. The summed E-state index contributed by atoms with van der Waals surface area (Å²) in [5.74, 6) is 0.733. The van der Waals surface area contributed by atoms with Crippen LogP contribution in [-0.4, -0.2) is 29.0 Å². The van der Waals surface area contributed by atoms with Gasteiger partial charge in [0.2, 0.25) is 0 Å². The molecule has 1 fully saturated rings. The number of hydrogen-bond donors (Lipinski definition) is 1. The highest BCUT2D eigenvalue weighted by Crippen LogP contribution is 2.25. The average Bonchev–Trinajstić information content (AvgIpc) is 2.45. The zero-order valence-electron chi connectivity index (χ0n) is 9.83. The third-order valence-corrected chi connectivity index (χ3v) is 2.91. The highest BCUT2D eigenvalue weighted by atomic mass is 15.3. The molecule has 1 aliphatic heterocycles. The molecule has 0 aromatic rings. The van der Waals surface area contributed by atoms with Gasteiger partial charge in [-0.2, -0.15) is 0 Å². The molecule has 1 heterocycles. The van der Waals surface area contributed by atoms with Crippen molar-refractivity contribution in [2.24, 2.45) is 10.7 Å². The molecular formula is C11H23N3. The fraction of sp³-hybridized carbons (Fsp3) is 0.909. The predicted molar refractivity (Wildman–Crippen MR) is 61.4 cm³/mol. The highest BCUT2D eigenvalue weighted by molar-refractivity contribution is 5.79. The average molecular weight is 197 g/mol. The largest absolute Gasteiger partial charge is 0.370 e. The Balaban J connectivity index is 2.73. The van der Waals surface area contributed by atoms with Gasteiger partial charge < -0.3 is 10.6 Å². The molecular weight excluding hydrogens is 174 g/mol. The SMILES string of the molecule is CCC1CCC(C)N1C(N)=NC(C)C. The molecule has 0 bridgehead atoms. The molecule has 0 aromatic heterocycles. The summed E-state index contributed by atoms with van der Waals surface area (Å²) in [5, 5.41) is 0. The lowest BCUT2D eigenvalue weighted by Gasteiger charge is -2.29. The second-order valence-electron chi connectivity index (χ2n) is 4.48. The lowest BCUT2D eigenvalue weighted by Crippen LogP contribution is -2.44. The molecule has 2 atom stereocenters. The van der Waals surface area contributed by atoms with E-state index in [0.29, 0.717) is 18.1 Å². The number of likely N-dealkylation sites (tertiary alicyclic amines) is 1. The van der Waals surface area contributed by atoms with Crippen LogP contribution < -0.4 is 5.73 Å². The Hall–Kier alpha value is -0.730. The van der Waals surface area contributed by atoms with Crippen molar-refractivity contribution < 1.29 is 0 Å². The van der Waals surface area contributed by atoms with Gasteiger partial charge in [-0.3, -0.25) is 4.99 Å². The Labute approximate surface area is 87.4 Å². The highest BCUT2D eigenvalue weighted by Gasteiger charge is 2.30.